The number of aromatic hydroxyl groups is 4. The van der Waals surface area contributed by atoms with Gasteiger partial charge in [0.1, 0.15) is 46.5 Å². The van der Waals surface area contributed by atoms with Crippen molar-refractivity contribution in [1.82, 2.24) is 0 Å². The second kappa shape index (κ2) is 8.68. The topological polar surface area (TPSA) is 183 Å². The summed E-state index contributed by atoms with van der Waals surface area (Å²) in [6.45, 7) is 0.783. The Balaban J connectivity index is 1.92. The maximum absolute atomic E-state index is 12.9. The third-order valence-corrected chi connectivity index (χ3v) is 4.45. The number of benzene rings is 2. The summed E-state index contributed by atoms with van der Waals surface area (Å²) < 4.78 is 15.6. The molecule has 0 aliphatic carbocycles. The predicted octanol–water partition coefficient (Wildman–Crippen LogP) is 0.129. The van der Waals surface area contributed by atoms with Crippen LogP contribution in [0.4, 0.5) is 0 Å². The molecule has 1 saturated heterocycles. The maximum Gasteiger partial charge on any atom is 0.303 e. The molecular formula is C20H20O11. The number of carbonyl (C=O) groups is 2. The van der Waals surface area contributed by atoms with Crippen molar-refractivity contribution in [3.63, 3.8) is 0 Å². The average Bonchev–Trinajstić information content (AvgIpc) is 2.66. The summed E-state index contributed by atoms with van der Waals surface area (Å²) in [5.41, 5.74) is -0.668. The fourth-order valence-electron chi connectivity index (χ4n) is 3.09. The molecule has 0 radical (unpaired) electrons. The van der Waals surface area contributed by atoms with Gasteiger partial charge < -0.3 is 44.8 Å². The molecule has 1 aliphatic heterocycles. The predicted molar refractivity (Wildman–Crippen MR) is 101 cm³/mol. The number of hydrogen-bond donors (Lipinski definition) is 6. The van der Waals surface area contributed by atoms with Crippen LogP contribution in [0, 0.1) is 0 Å². The molecule has 3 rings (SSSR count). The first-order valence-corrected chi connectivity index (χ1v) is 9.02. The van der Waals surface area contributed by atoms with Crippen LogP contribution in [0.2, 0.25) is 0 Å². The van der Waals surface area contributed by atoms with E-state index in [1.54, 1.807) is 0 Å². The molecule has 0 aromatic heterocycles. The van der Waals surface area contributed by atoms with Crippen molar-refractivity contribution in [3.05, 3.63) is 41.5 Å². The molecule has 0 spiro atoms. The van der Waals surface area contributed by atoms with E-state index in [2.05, 4.69) is 0 Å². The monoisotopic (exact) mass is 436 g/mol. The zero-order valence-corrected chi connectivity index (χ0v) is 16.1. The van der Waals surface area contributed by atoms with Crippen molar-refractivity contribution < 1.29 is 54.4 Å². The molecule has 0 amide bonds. The molecule has 2 aromatic rings. The lowest BCUT2D eigenvalue weighted by Gasteiger charge is -2.36. The standard InChI is InChI=1S/C20H20O11/c1-8(21)30-15-7-29-20(19(28)18(15)27)31-14-6-12(24)5-13(25)16(14)17(26)9-2-10(22)4-11(23)3-9/h2-6,15,18-20,22-25,27-28H,7H2,1H3. The van der Waals surface area contributed by atoms with Crippen LogP contribution in [0.5, 0.6) is 28.7 Å². The SMILES string of the molecule is CC(=O)OC1COC(Oc2cc(O)cc(O)c2C(=O)c2cc(O)cc(O)c2)C(O)C1O. The fourth-order valence-corrected chi connectivity index (χ4v) is 3.09. The zero-order chi connectivity index (χ0) is 22.9. The number of ketones is 1. The van der Waals surface area contributed by atoms with Gasteiger partial charge in [0.25, 0.3) is 0 Å². The number of phenols is 4. The number of rotatable bonds is 5. The largest absolute Gasteiger partial charge is 0.508 e. The first-order chi connectivity index (χ1) is 14.6. The number of carbonyl (C=O) groups excluding carboxylic acids is 2. The smallest absolute Gasteiger partial charge is 0.303 e. The van der Waals surface area contributed by atoms with Gasteiger partial charge in [-0.2, -0.15) is 0 Å². The van der Waals surface area contributed by atoms with Gasteiger partial charge in [0.15, 0.2) is 6.10 Å². The highest BCUT2D eigenvalue weighted by Gasteiger charge is 2.42. The Morgan fingerprint density at radius 2 is 1.55 bits per heavy atom. The van der Waals surface area contributed by atoms with Crippen molar-refractivity contribution in [3.8, 4) is 28.7 Å². The second-order valence-electron chi connectivity index (χ2n) is 6.85. The summed E-state index contributed by atoms with van der Waals surface area (Å²) in [5, 5.41) is 59.7. The van der Waals surface area contributed by atoms with E-state index in [1.807, 2.05) is 0 Å². The average molecular weight is 436 g/mol. The van der Waals surface area contributed by atoms with Gasteiger partial charge >= 0.3 is 5.97 Å². The molecule has 1 aliphatic rings. The van der Waals surface area contributed by atoms with Crippen LogP contribution in [0.15, 0.2) is 30.3 Å². The van der Waals surface area contributed by atoms with Crippen molar-refractivity contribution >= 4 is 11.8 Å². The number of aliphatic hydroxyl groups excluding tert-OH is 2. The number of esters is 1. The second-order valence-corrected chi connectivity index (χ2v) is 6.85. The summed E-state index contributed by atoms with van der Waals surface area (Å²) >= 11 is 0. The van der Waals surface area contributed by atoms with Crippen LogP contribution in [-0.4, -0.2) is 73.6 Å². The Hall–Kier alpha value is -3.54. The number of hydrogen-bond acceptors (Lipinski definition) is 11. The Morgan fingerprint density at radius 1 is 0.935 bits per heavy atom. The van der Waals surface area contributed by atoms with Gasteiger partial charge in [-0.3, -0.25) is 9.59 Å². The van der Waals surface area contributed by atoms with Gasteiger partial charge in [0, 0.05) is 30.7 Å². The number of phenolic OH excluding ortho intramolecular Hbond substituents is 4. The van der Waals surface area contributed by atoms with E-state index < -0.39 is 70.7 Å². The Kier molecular flexibility index (Phi) is 6.20. The summed E-state index contributed by atoms with van der Waals surface area (Å²) in [7, 11) is 0. The van der Waals surface area contributed by atoms with E-state index in [1.165, 1.54) is 0 Å². The first kappa shape index (κ1) is 22.2. The van der Waals surface area contributed by atoms with Crippen molar-refractivity contribution in [2.24, 2.45) is 0 Å². The van der Waals surface area contributed by atoms with Gasteiger partial charge in [0.2, 0.25) is 12.1 Å². The molecule has 31 heavy (non-hydrogen) atoms. The van der Waals surface area contributed by atoms with E-state index >= 15 is 0 Å². The minimum Gasteiger partial charge on any atom is -0.508 e. The lowest BCUT2D eigenvalue weighted by atomic mass is 10.00. The van der Waals surface area contributed by atoms with E-state index in [0.717, 1.165) is 37.3 Å². The molecule has 6 N–H and O–H groups in total. The van der Waals surface area contributed by atoms with Gasteiger partial charge in [-0.25, -0.2) is 0 Å². The molecule has 166 valence electrons. The normalized spacial score (nSPS) is 23.2. The van der Waals surface area contributed by atoms with Crippen LogP contribution in [-0.2, 0) is 14.3 Å². The molecule has 4 atom stereocenters. The molecule has 2 aromatic carbocycles. The Bertz CT molecular complexity index is 983. The zero-order valence-electron chi connectivity index (χ0n) is 16.1. The lowest BCUT2D eigenvalue weighted by Crippen LogP contribution is -2.56. The molecular weight excluding hydrogens is 416 g/mol. The van der Waals surface area contributed by atoms with Gasteiger partial charge in [0.05, 0.1) is 6.61 Å². The van der Waals surface area contributed by atoms with E-state index in [4.69, 9.17) is 14.2 Å². The quantitative estimate of drug-likeness (QED) is 0.277. The molecule has 0 saturated carbocycles. The van der Waals surface area contributed by atoms with Crippen molar-refractivity contribution in [2.75, 3.05) is 6.61 Å². The van der Waals surface area contributed by atoms with Crippen molar-refractivity contribution in [2.45, 2.75) is 31.5 Å². The van der Waals surface area contributed by atoms with E-state index in [-0.39, 0.29) is 12.2 Å². The third kappa shape index (κ3) is 4.79. The van der Waals surface area contributed by atoms with Gasteiger partial charge in [-0.15, -0.1) is 0 Å². The molecule has 0 bridgehead atoms. The molecule has 11 nitrogen and oxygen atoms in total. The maximum atomic E-state index is 12.9. The van der Waals surface area contributed by atoms with Crippen LogP contribution in [0.1, 0.15) is 22.8 Å². The van der Waals surface area contributed by atoms with Crippen LogP contribution in [0.25, 0.3) is 0 Å². The minimum absolute atomic E-state index is 0.205. The van der Waals surface area contributed by atoms with Crippen LogP contribution >= 0.6 is 0 Å². The third-order valence-electron chi connectivity index (χ3n) is 4.45. The highest BCUT2D eigenvalue weighted by molar-refractivity contribution is 6.13. The summed E-state index contributed by atoms with van der Waals surface area (Å²) in [6, 6.07) is 4.91. The highest BCUT2D eigenvalue weighted by Crippen LogP contribution is 2.37. The fraction of sp³-hybridized carbons (Fsp3) is 0.300. The summed E-state index contributed by atoms with van der Waals surface area (Å²) in [6.07, 6.45) is -5.99. The lowest BCUT2D eigenvalue weighted by molar-refractivity contribution is -0.247. The molecule has 4 unspecified atom stereocenters. The Morgan fingerprint density at radius 3 is 2.16 bits per heavy atom. The number of ether oxygens (including phenoxy) is 3. The van der Waals surface area contributed by atoms with Crippen molar-refractivity contribution in [1.29, 1.82) is 0 Å². The van der Waals surface area contributed by atoms with Crippen LogP contribution < -0.4 is 4.74 Å². The molecule has 1 heterocycles. The van der Waals surface area contributed by atoms with Gasteiger partial charge in [-0.05, 0) is 12.1 Å². The first-order valence-electron chi connectivity index (χ1n) is 9.02. The minimum atomic E-state index is -1.71. The van der Waals surface area contributed by atoms with Crippen LogP contribution in [0.3, 0.4) is 0 Å². The number of aliphatic hydroxyl groups is 2. The summed E-state index contributed by atoms with van der Waals surface area (Å²) in [5.74, 6) is -3.98. The highest BCUT2D eigenvalue weighted by atomic mass is 16.7. The van der Waals surface area contributed by atoms with E-state index in [9.17, 15) is 40.2 Å². The molecule has 11 heteroatoms. The molecule has 1 fully saturated rings. The Labute approximate surface area is 175 Å². The summed E-state index contributed by atoms with van der Waals surface area (Å²) in [4.78, 5) is 24.0. The van der Waals surface area contributed by atoms with Gasteiger partial charge in [-0.1, -0.05) is 0 Å². The van der Waals surface area contributed by atoms with E-state index in [0.29, 0.717) is 0 Å².